The summed E-state index contributed by atoms with van der Waals surface area (Å²) in [6.07, 6.45) is 1.31. The predicted octanol–water partition coefficient (Wildman–Crippen LogP) is 1.42. The van der Waals surface area contributed by atoms with Crippen LogP contribution in [-0.4, -0.2) is 65.1 Å². The fraction of sp³-hybridized carbons (Fsp3) is 0.917. The maximum Gasteiger partial charge on any atom is 0.0899 e. The van der Waals surface area contributed by atoms with Crippen molar-refractivity contribution in [1.29, 1.82) is 0 Å². The van der Waals surface area contributed by atoms with Gasteiger partial charge in [0.25, 0.3) is 0 Å². The average molecular weight is 275 g/mol. The SMILES string of the molecule is CCSCCCN1CCN(C(C)C(N)=S)CC1. The first-order valence-corrected chi connectivity index (χ1v) is 8.05. The summed E-state index contributed by atoms with van der Waals surface area (Å²) in [6.45, 7) is 10.1. The van der Waals surface area contributed by atoms with E-state index in [0.29, 0.717) is 4.99 Å². The lowest BCUT2D eigenvalue weighted by molar-refractivity contribution is 0.123. The maximum absolute atomic E-state index is 5.69. The second kappa shape index (κ2) is 8.29. The number of hydrogen-bond donors (Lipinski definition) is 1. The summed E-state index contributed by atoms with van der Waals surface area (Å²) in [5.74, 6) is 2.53. The van der Waals surface area contributed by atoms with Gasteiger partial charge in [0.2, 0.25) is 0 Å². The third-order valence-electron chi connectivity index (χ3n) is 3.33. The first kappa shape index (κ1) is 15.2. The average Bonchev–Trinajstić information content (AvgIpc) is 2.34. The van der Waals surface area contributed by atoms with Crippen molar-refractivity contribution in [3.8, 4) is 0 Å². The van der Waals surface area contributed by atoms with Gasteiger partial charge in [0, 0.05) is 26.2 Å². The first-order chi connectivity index (χ1) is 8.15. The molecule has 0 radical (unpaired) electrons. The Morgan fingerprint density at radius 2 is 2.00 bits per heavy atom. The number of piperazine rings is 1. The lowest BCUT2D eigenvalue weighted by atomic mass is 10.2. The van der Waals surface area contributed by atoms with Gasteiger partial charge in [0.1, 0.15) is 0 Å². The molecule has 0 aromatic carbocycles. The van der Waals surface area contributed by atoms with Gasteiger partial charge in [-0.3, -0.25) is 4.90 Å². The molecule has 0 aromatic rings. The lowest BCUT2D eigenvalue weighted by Gasteiger charge is -2.37. The Balaban J connectivity index is 2.15. The highest BCUT2D eigenvalue weighted by Gasteiger charge is 2.21. The highest BCUT2D eigenvalue weighted by atomic mass is 32.2. The van der Waals surface area contributed by atoms with E-state index in [2.05, 4.69) is 23.6 Å². The van der Waals surface area contributed by atoms with Gasteiger partial charge in [-0.2, -0.15) is 11.8 Å². The Morgan fingerprint density at radius 3 is 2.53 bits per heavy atom. The highest BCUT2D eigenvalue weighted by Crippen LogP contribution is 2.08. The second-order valence-corrected chi connectivity index (χ2v) is 6.37. The molecule has 0 spiro atoms. The van der Waals surface area contributed by atoms with E-state index >= 15 is 0 Å². The van der Waals surface area contributed by atoms with E-state index in [1.165, 1.54) is 24.5 Å². The minimum atomic E-state index is 0.253. The Morgan fingerprint density at radius 1 is 1.35 bits per heavy atom. The molecule has 1 heterocycles. The summed E-state index contributed by atoms with van der Waals surface area (Å²) in [6, 6.07) is 0.253. The normalized spacial score (nSPS) is 20.4. The molecule has 3 nitrogen and oxygen atoms in total. The molecule has 0 aliphatic carbocycles. The summed E-state index contributed by atoms with van der Waals surface area (Å²) < 4.78 is 0. The van der Waals surface area contributed by atoms with E-state index in [4.69, 9.17) is 18.0 Å². The second-order valence-electron chi connectivity index (χ2n) is 4.51. The summed E-state index contributed by atoms with van der Waals surface area (Å²) in [7, 11) is 0. The third-order valence-corrected chi connectivity index (χ3v) is 4.66. The van der Waals surface area contributed by atoms with Crippen LogP contribution in [0.25, 0.3) is 0 Å². The summed E-state index contributed by atoms with van der Waals surface area (Å²) >= 11 is 7.08. The van der Waals surface area contributed by atoms with Crippen LogP contribution in [0, 0.1) is 0 Å². The molecule has 1 fully saturated rings. The zero-order chi connectivity index (χ0) is 12.7. The number of thioether (sulfide) groups is 1. The molecule has 0 aromatic heterocycles. The number of rotatable bonds is 7. The van der Waals surface area contributed by atoms with E-state index in [9.17, 15) is 0 Å². The minimum Gasteiger partial charge on any atom is -0.392 e. The minimum absolute atomic E-state index is 0.253. The smallest absolute Gasteiger partial charge is 0.0899 e. The van der Waals surface area contributed by atoms with Crippen LogP contribution in [0.15, 0.2) is 0 Å². The Bertz CT molecular complexity index is 228. The van der Waals surface area contributed by atoms with Crippen LogP contribution in [0.3, 0.4) is 0 Å². The molecule has 1 aliphatic heterocycles. The zero-order valence-corrected chi connectivity index (χ0v) is 12.7. The third kappa shape index (κ3) is 5.55. The molecule has 5 heteroatoms. The summed E-state index contributed by atoms with van der Waals surface area (Å²) in [4.78, 5) is 5.57. The van der Waals surface area contributed by atoms with Crippen LogP contribution in [0.4, 0.5) is 0 Å². The Kier molecular flexibility index (Phi) is 7.43. The van der Waals surface area contributed by atoms with Crippen LogP contribution < -0.4 is 5.73 Å². The van der Waals surface area contributed by atoms with E-state index in [1.54, 1.807) is 0 Å². The van der Waals surface area contributed by atoms with E-state index in [0.717, 1.165) is 26.2 Å². The lowest BCUT2D eigenvalue weighted by Crippen LogP contribution is -2.52. The molecule has 0 amide bonds. The van der Waals surface area contributed by atoms with Gasteiger partial charge in [-0.15, -0.1) is 0 Å². The van der Waals surface area contributed by atoms with Gasteiger partial charge >= 0.3 is 0 Å². The molecule has 17 heavy (non-hydrogen) atoms. The van der Waals surface area contributed by atoms with Crippen LogP contribution in [-0.2, 0) is 0 Å². The van der Waals surface area contributed by atoms with Gasteiger partial charge in [-0.1, -0.05) is 19.1 Å². The largest absolute Gasteiger partial charge is 0.392 e. The van der Waals surface area contributed by atoms with Gasteiger partial charge in [-0.25, -0.2) is 0 Å². The van der Waals surface area contributed by atoms with Crippen molar-refractivity contribution >= 4 is 29.0 Å². The van der Waals surface area contributed by atoms with Gasteiger partial charge in [-0.05, 0) is 31.4 Å². The number of nitrogens with zero attached hydrogens (tertiary/aromatic N) is 2. The van der Waals surface area contributed by atoms with Crippen molar-refractivity contribution in [2.24, 2.45) is 5.73 Å². The molecular weight excluding hydrogens is 250 g/mol. The number of hydrogen-bond acceptors (Lipinski definition) is 4. The molecular formula is C12H25N3S2. The van der Waals surface area contributed by atoms with Crippen molar-refractivity contribution < 1.29 is 0 Å². The van der Waals surface area contributed by atoms with E-state index in [1.807, 2.05) is 11.8 Å². The van der Waals surface area contributed by atoms with Crippen LogP contribution in [0.1, 0.15) is 20.3 Å². The van der Waals surface area contributed by atoms with Crippen molar-refractivity contribution in [2.45, 2.75) is 26.3 Å². The molecule has 2 N–H and O–H groups in total. The van der Waals surface area contributed by atoms with Gasteiger partial charge in [0.15, 0.2) is 0 Å². The van der Waals surface area contributed by atoms with Crippen LogP contribution in [0.2, 0.25) is 0 Å². The summed E-state index contributed by atoms with van der Waals surface area (Å²) in [5.41, 5.74) is 5.69. The highest BCUT2D eigenvalue weighted by molar-refractivity contribution is 7.99. The molecule has 100 valence electrons. The quantitative estimate of drug-likeness (QED) is 0.561. The summed E-state index contributed by atoms with van der Waals surface area (Å²) in [5, 5.41) is 0. The fourth-order valence-corrected chi connectivity index (χ4v) is 2.86. The molecule has 1 aliphatic rings. The van der Waals surface area contributed by atoms with Crippen molar-refractivity contribution in [3.05, 3.63) is 0 Å². The first-order valence-electron chi connectivity index (χ1n) is 6.48. The molecule has 1 rings (SSSR count). The van der Waals surface area contributed by atoms with Gasteiger partial charge in [0.05, 0.1) is 11.0 Å². The van der Waals surface area contributed by atoms with Gasteiger partial charge < -0.3 is 10.6 Å². The molecule has 1 saturated heterocycles. The zero-order valence-electron chi connectivity index (χ0n) is 11.0. The van der Waals surface area contributed by atoms with Crippen LogP contribution >= 0.6 is 24.0 Å². The number of thiocarbonyl (C=S) groups is 1. The fourth-order valence-electron chi connectivity index (χ4n) is 2.09. The standard InChI is InChI=1S/C12H25N3S2/c1-3-17-10-4-5-14-6-8-15(9-7-14)11(2)12(13)16/h11H,3-10H2,1-2H3,(H2,13,16). The Labute approximate surface area is 115 Å². The topological polar surface area (TPSA) is 32.5 Å². The monoisotopic (exact) mass is 275 g/mol. The van der Waals surface area contributed by atoms with Crippen molar-refractivity contribution in [3.63, 3.8) is 0 Å². The Hall–Kier alpha value is 0.160. The predicted molar refractivity (Wildman–Crippen MR) is 81.9 cm³/mol. The van der Waals surface area contributed by atoms with Crippen molar-refractivity contribution in [2.75, 3.05) is 44.2 Å². The van der Waals surface area contributed by atoms with E-state index < -0.39 is 0 Å². The molecule has 1 unspecified atom stereocenters. The van der Waals surface area contributed by atoms with Crippen LogP contribution in [0.5, 0.6) is 0 Å². The van der Waals surface area contributed by atoms with Crippen molar-refractivity contribution in [1.82, 2.24) is 9.80 Å². The molecule has 0 bridgehead atoms. The van der Waals surface area contributed by atoms with E-state index in [-0.39, 0.29) is 6.04 Å². The number of nitrogens with two attached hydrogens (primary N) is 1. The molecule has 1 atom stereocenters. The molecule has 0 saturated carbocycles. The maximum atomic E-state index is 5.69.